The van der Waals surface area contributed by atoms with E-state index in [-0.39, 0.29) is 24.3 Å². The van der Waals surface area contributed by atoms with Gasteiger partial charge < -0.3 is 15.0 Å². The van der Waals surface area contributed by atoms with E-state index in [1.54, 1.807) is 12.0 Å². The lowest BCUT2D eigenvalue weighted by atomic mass is 10.0. The zero-order chi connectivity index (χ0) is 25.3. The number of hydrogen-bond donors (Lipinski definition) is 1. The Morgan fingerprint density at radius 3 is 2.31 bits per heavy atom. The number of benzene rings is 3. The van der Waals surface area contributed by atoms with Crippen LogP contribution in [0.5, 0.6) is 5.75 Å². The highest BCUT2D eigenvalue weighted by Gasteiger charge is 2.32. The third-order valence-electron chi connectivity index (χ3n) is 6.73. The smallest absolute Gasteiger partial charge is 0.243 e. The molecule has 36 heavy (non-hydrogen) atoms. The largest absolute Gasteiger partial charge is 0.497 e. The van der Waals surface area contributed by atoms with Gasteiger partial charge in [-0.05, 0) is 53.8 Å². The van der Waals surface area contributed by atoms with Crippen LogP contribution in [-0.2, 0) is 29.0 Å². The van der Waals surface area contributed by atoms with Gasteiger partial charge in [0, 0.05) is 24.0 Å². The molecule has 0 radical (unpaired) electrons. The first kappa shape index (κ1) is 25.8. The standard InChI is InChI=1S/C30H33ClN2O3/c1-36-27-16-14-23(15-17-27)20-29(34)33(21-24-10-7-11-25(31)18-24)28(19-22-8-3-2-4-9-22)30(35)32-26-12-5-6-13-26/h2-4,7-11,14-18,26,28H,5-6,12-13,19-21H2,1H3,(H,32,35)/t28-/m0/s1. The molecule has 0 bridgehead atoms. The van der Waals surface area contributed by atoms with Gasteiger partial charge in [-0.1, -0.05) is 79.0 Å². The zero-order valence-corrected chi connectivity index (χ0v) is 21.4. The van der Waals surface area contributed by atoms with E-state index in [9.17, 15) is 9.59 Å². The molecule has 1 aliphatic rings. The van der Waals surface area contributed by atoms with Crippen molar-refractivity contribution in [3.63, 3.8) is 0 Å². The fraction of sp³-hybridized carbons (Fsp3) is 0.333. The van der Waals surface area contributed by atoms with Gasteiger partial charge in [-0.2, -0.15) is 0 Å². The zero-order valence-electron chi connectivity index (χ0n) is 20.7. The van der Waals surface area contributed by atoms with E-state index in [0.717, 1.165) is 48.1 Å². The molecule has 1 atom stereocenters. The number of ether oxygens (including phenoxy) is 1. The average molecular weight is 505 g/mol. The number of hydrogen-bond acceptors (Lipinski definition) is 3. The lowest BCUT2D eigenvalue weighted by molar-refractivity contribution is -0.141. The average Bonchev–Trinajstić information content (AvgIpc) is 3.40. The summed E-state index contributed by atoms with van der Waals surface area (Å²) in [6.45, 7) is 0.297. The van der Waals surface area contributed by atoms with Crippen LogP contribution in [0.25, 0.3) is 0 Å². The van der Waals surface area contributed by atoms with E-state index in [2.05, 4.69) is 5.32 Å². The first-order valence-corrected chi connectivity index (χ1v) is 12.9. The van der Waals surface area contributed by atoms with Crippen molar-refractivity contribution in [1.82, 2.24) is 10.2 Å². The number of carbonyl (C=O) groups is 2. The summed E-state index contributed by atoms with van der Waals surface area (Å²) >= 11 is 6.26. The van der Waals surface area contributed by atoms with Crippen molar-refractivity contribution in [2.45, 2.75) is 57.2 Å². The number of nitrogens with zero attached hydrogens (tertiary/aromatic N) is 1. The molecule has 0 aromatic heterocycles. The van der Waals surface area contributed by atoms with Gasteiger partial charge in [-0.15, -0.1) is 0 Å². The highest BCUT2D eigenvalue weighted by molar-refractivity contribution is 6.30. The Hall–Kier alpha value is -3.31. The summed E-state index contributed by atoms with van der Waals surface area (Å²) in [5, 5.41) is 3.84. The molecular formula is C30H33ClN2O3. The van der Waals surface area contributed by atoms with Gasteiger partial charge in [0.25, 0.3) is 0 Å². The van der Waals surface area contributed by atoms with Crippen molar-refractivity contribution < 1.29 is 14.3 Å². The van der Waals surface area contributed by atoms with E-state index < -0.39 is 6.04 Å². The Kier molecular flexibility index (Phi) is 9.01. The molecule has 1 N–H and O–H groups in total. The van der Waals surface area contributed by atoms with Crippen LogP contribution in [-0.4, -0.2) is 35.9 Å². The number of methoxy groups -OCH3 is 1. The van der Waals surface area contributed by atoms with Gasteiger partial charge in [0.05, 0.1) is 13.5 Å². The van der Waals surface area contributed by atoms with E-state index in [4.69, 9.17) is 16.3 Å². The van der Waals surface area contributed by atoms with E-state index in [0.29, 0.717) is 18.0 Å². The molecule has 188 valence electrons. The van der Waals surface area contributed by atoms with Gasteiger partial charge in [-0.25, -0.2) is 0 Å². The monoisotopic (exact) mass is 504 g/mol. The Labute approximate surface area is 218 Å². The van der Waals surface area contributed by atoms with Gasteiger partial charge in [0.1, 0.15) is 11.8 Å². The van der Waals surface area contributed by atoms with Gasteiger partial charge in [0.15, 0.2) is 0 Å². The maximum absolute atomic E-state index is 13.8. The number of halogens is 1. The maximum Gasteiger partial charge on any atom is 0.243 e. The fourth-order valence-corrected chi connectivity index (χ4v) is 4.99. The summed E-state index contributed by atoms with van der Waals surface area (Å²) < 4.78 is 5.25. The van der Waals surface area contributed by atoms with Crippen molar-refractivity contribution in [2.24, 2.45) is 0 Å². The number of nitrogens with one attached hydrogen (secondary N) is 1. The second kappa shape index (κ2) is 12.6. The maximum atomic E-state index is 13.8. The van der Waals surface area contributed by atoms with Crippen molar-refractivity contribution >= 4 is 23.4 Å². The quantitative estimate of drug-likeness (QED) is 0.391. The van der Waals surface area contributed by atoms with E-state index >= 15 is 0 Å². The minimum Gasteiger partial charge on any atom is -0.497 e. The summed E-state index contributed by atoms with van der Waals surface area (Å²) in [7, 11) is 1.62. The van der Waals surface area contributed by atoms with Gasteiger partial charge >= 0.3 is 0 Å². The molecule has 1 fully saturated rings. The Morgan fingerprint density at radius 2 is 1.64 bits per heavy atom. The van der Waals surface area contributed by atoms with Gasteiger partial charge in [0.2, 0.25) is 11.8 Å². The molecule has 6 heteroatoms. The predicted octanol–water partition coefficient (Wildman–Crippen LogP) is 5.59. The summed E-state index contributed by atoms with van der Waals surface area (Å²) in [4.78, 5) is 29.2. The molecule has 2 amide bonds. The van der Waals surface area contributed by atoms with Gasteiger partial charge in [-0.3, -0.25) is 9.59 Å². The molecule has 0 aliphatic heterocycles. The molecular weight excluding hydrogens is 472 g/mol. The van der Waals surface area contributed by atoms with Crippen molar-refractivity contribution in [3.05, 3.63) is 101 Å². The van der Waals surface area contributed by atoms with Crippen LogP contribution < -0.4 is 10.1 Å². The van der Waals surface area contributed by atoms with Crippen LogP contribution in [0.3, 0.4) is 0 Å². The van der Waals surface area contributed by atoms with Crippen molar-refractivity contribution in [3.8, 4) is 5.75 Å². The van der Waals surface area contributed by atoms with Crippen LogP contribution in [0.1, 0.15) is 42.4 Å². The van der Waals surface area contributed by atoms with E-state index in [1.807, 2.05) is 78.9 Å². The molecule has 0 saturated heterocycles. The molecule has 3 aromatic carbocycles. The third kappa shape index (κ3) is 7.11. The lowest BCUT2D eigenvalue weighted by Crippen LogP contribution is -2.52. The molecule has 5 nitrogen and oxygen atoms in total. The summed E-state index contributed by atoms with van der Waals surface area (Å²) in [5.41, 5.74) is 2.77. The topological polar surface area (TPSA) is 58.6 Å². The molecule has 0 unspecified atom stereocenters. The summed E-state index contributed by atoms with van der Waals surface area (Å²) in [6, 6.07) is 24.3. The predicted molar refractivity (Wildman–Crippen MR) is 143 cm³/mol. The van der Waals surface area contributed by atoms with Crippen LogP contribution in [0.4, 0.5) is 0 Å². The van der Waals surface area contributed by atoms with Crippen LogP contribution in [0.15, 0.2) is 78.9 Å². The summed E-state index contributed by atoms with van der Waals surface area (Å²) in [5.74, 6) is 0.526. The molecule has 1 saturated carbocycles. The third-order valence-corrected chi connectivity index (χ3v) is 6.96. The minimum absolute atomic E-state index is 0.101. The highest BCUT2D eigenvalue weighted by atomic mass is 35.5. The van der Waals surface area contributed by atoms with Crippen LogP contribution >= 0.6 is 11.6 Å². The molecule has 0 spiro atoms. The molecule has 1 aliphatic carbocycles. The molecule has 0 heterocycles. The Morgan fingerprint density at radius 1 is 0.944 bits per heavy atom. The second-order valence-corrected chi connectivity index (χ2v) is 9.81. The second-order valence-electron chi connectivity index (χ2n) is 9.37. The SMILES string of the molecule is COc1ccc(CC(=O)N(Cc2cccc(Cl)c2)[C@@H](Cc2ccccc2)C(=O)NC2CCCC2)cc1. The molecule has 4 rings (SSSR count). The van der Waals surface area contributed by atoms with Crippen molar-refractivity contribution in [2.75, 3.05) is 7.11 Å². The lowest BCUT2D eigenvalue weighted by Gasteiger charge is -2.32. The van der Waals surface area contributed by atoms with E-state index in [1.165, 1.54) is 0 Å². The first-order valence-electron chi connectivity index (χ1n) is 12.5. The number of amides is 2. The first-order chi connectivity index (χ1) is 17.5. The normalized spacial score (nSPS) is 14.3. The number of carbonyl (C=O) groups excluding carboxylic acids is 2. The Bertz CT molecular complexity index is 1140. The summed E-state index contributed by atoms with van der Waals surface area (Å²) in [6.07, 6.45) is 4.84. The highest BCUT2D eigenvalue weighted by Crippen LogP contribution is 2.22. The Balaban J connectivity index is 1.64. The molecule has 3 aromatic rings. The van der Waals surface area contributed by atoms with Crippen LogP contribution in [0.2, 0.25) is 5.02 Å². The van der Waals surface area contributed by atoms with Crippen LogP contribution in [0, 0.1) is 0 Å². The minimum atomic E-state index is -0.641. The fourth-order valence-electron chi connectivity index (χ4n) is 4.77. The van der Waals surface area contributed by atoms with Crippen molar-refractivity contribution in [1.29, 1.82) is 0 Å². The number of rotatable bonds is 10.